The summed E-state index contributed by atoms with van der Waals surface area (Å²) in [7, 11) is 0. The van der Waals surface area contributed by atoms with Crippen molar-refractivity contribution in [2.75, 3.05) is 25.0 Å². The van der Waals surface area contributed by atoms with Crippen molar-refractivity contribution >= 4 is 15.9 Å². The summed E-state index contributed by atoms with van der Waals surface area (Å²) in [4.78, 5) is 2.61. The normalized spacial score (nSPS) is 28.7. The molecule has 1 unspecified atom stereocenters. The predicted molar refractivity (Wildman–Crippen MR) is 70.9 cm³/mol. The molecule has 0 aromatic rings. The van der Waals surface area contributed by atoms with Gasteiger partial charge in [-0.2, -0.15) is 0 Å². The van der Waals surface area contributed by atoms with Gasteiger partial charge in [-0.25, -0.2) is 0 Å². The van der Waals surface area contributed by atoms with Crippen LogP contribution in [0.4, 0.5) is 0 Å². The monoisotopic (exact) mass is 289 g/mol. The minimum Gasteiger partial charge on any atom is -0.393 e. The minimum atomic E-state index is -0.115. The Labute approximate surface area is 108 Å². The summed E-state index contributed by atoms with van der Waals surface area (Å²) in [6, 6.07) is 0. The van der Waals surface area contributed by atoms with E-state index in [0.717, 1.165) is 5.33 Å². The van der Waals surface area contributed by atoms with Gasteiger partial charge in [0.05, 0.1) is 6.10 Å². The van der Waals surface area contributed by atoms with Crippen LogP contribution in [0.25, 0.3) is 0 Å². The zero-order chi connectivity index (χ0) is 11.6. The molecular formula is C13H24BrNO. The molecule has 0 aromatic carbocycles. The number of hydrogen-bond donors (Lipinski definition) is 1. The molecule has 2 aliphatic rings. The maximum absolute atomic E-state index is 9.57. The van der Waals surface area contributed by atoms with Gasteiger partial charge in [-0.3, -0.25) is 0 Å². The Morgan fingerprint density at radius 2 is 2.00 bits per heavy atom. The molecule has 1 atom stereocenters. The van der Waals surface area contributed by atoms with E-state index in [1.165, 1.54) is 51.7 Å². The third-order valence-electron chi connectivity index (χ3n) is 4.57. The Bertz CT molecular complexity index is 214. The van der Waals surface area contributed by atoms with E-state index in [-0.39, 0.29) is 6.10 Å². The lowest BCUT2D eigenvalue weighted by atomic mass is 9.70. The highest BCUT2D eigenvalue weighted by Crippen LogP contribution is 2.43. The van der Waals surface area contributed by atoms with E-state index in [1.54, 1.807) is 0 Å². The molecule has 1 aliphatic heterocycles. The average molecular weight is 290 g/mol. The Balaban J connectivity index is 1.76. The first-order valence-electron chi connectivity index (χ1n) is 6.62. The number of nitrogens with zero attached hydrogens (tertiary/aromatic N) is 1. The van der Waals surface area contributed by atoms with Gasteiger partial charge in [-0.05, 0) is 57.0 Å². The molecule has 1 heterocycles. The Kier molecular flexibility index (Phi) is 4.31. The van der Waals surface area contributed by atoms with Crippen molar-refractivity contribution in [1.82, 2.24) is 4.90 Å². The van der Waals surface area contributed by atoms with E-state index in [9.17, 15) is 5.11 Å². The first-order valence-corrected chi connectivity index (χ1v) is 7.74. The molecule has 0 bridgehead atoms. The van der Waals surface area contributed by atoms with Crippen LogP contribution in [0.3, 0.4) is 0 Å². The van der Waals surface area contributed by atoms with E-state index in [2.05, 4.69) is 20.8 Å². The second-order valence-corrected chi connectivity index (χ2v) is 6.40. The molecule has 1 saturated heterocycles. The summed E-state index contributed by atoms with van der Waals surface area (Å²) >= 11 is 3.68. The molecule has 2 fully saturated rings. The molecule has 0 amide bonds. The van der Waals surface area contributed by atoms with Gasteiger partial charge < -0.3 is 10.0 Å². The van der Waals surface area contributed by atoms with Gasteiger partial charge in [-0.1, -0.05) is 22.4 Å². The van der Waals surface area contributed by atoms with Crippen LogP contribution in [0, 0.1) is 11.3 Å². The molecule has 1 N–H and O–H groups in total. The van der Waals surface area contributed by atoms with E-state index in [0.29, 0.717) is 11.3 Å². The van der Waals surface area contributed by atoms with Crippen molar-refractivity contribution in [2.45, 2.75) is 45.1 Å². The lowest BCUT2D eigenvalue weighted by Gasteiger charge is -2.46. The molecule has 94 valence electrons. The molecule has 1 aliphatic carbocycles. The highest BCUT2D eigenvalue weighted by atomic mass is 79.9. The Hall–Kier alpha value is 0.400. The van der Waals surface area contributed by atoms with Crippen molar-refractivity contribution in [2.24, 2.45) is 11.3 Å². The van der Waals surface area contributed by atoms with E-state index >= 15 is 0 Å². The van der Waals surface area contributed by atoms with Gasteiger partial charge in [-0.15, -0.1) is 0 Å². The van der Waals surface area contributed by atoms with Crippen LogP contribution in [0.5, 0.6) is 0 Å². The minimum absolute atomic E-state index is 0.115. The quantitative estimate of drug-likeness (QED) is 0.805. The number of aliphatic hydroxyl groups excluding tert-OH is 1. The van der Waals surface area contributed by atoms with Crippen LogP contribution in [-0.4, -0.2) is 41.1 Å². The second kappa shape index (κ2) is 5.36. The number of piperidine rings is 1. The Morgan fingerprint density at radius 3 is 2.38 bits per heavy atom. The fourth-order valence-electron chi connectivity index (χ4n) is 3.08. The first kappa shape index (κ1) is 12.8. The summed E-state index contributed by atoms with van der Waals surface area (Å²) in [5, 5.41) is 10.7. The smallest absolute Gasteiger partial charge is 0.0541 e. The van der Waals surface area contributed by atoms with E-state index in [4.69, 9.17) is 0 Å². The van der Waals surface area contributed by atoms with Gasteiger partial charge in [0, 0.05) is 11.9 Å². The topological polar surface area (TPSA) is 23.5 Å². The highest BCUT2D eigenvalue weighted by molar-refractivity contribution is 9.09. The standard InChI is InChI=1S/C13H24BrNO/c1-11(16)12-3-7-15(8-4-12)10-13(9-14)5-2-6-13/h11-12,16H,2-10H2,1H3. The molecular weight excluding hydrogens is 266 g/mol. The molecule has 0 aromatic heterocycles. The van der Waals surface area contributed by atoms with E-state index < -0.39 is 0 Å². The van der Waals surface area contributed by atoms with Crippen molar-refractivity contribution in [3.63, 3.8) is 0 Å². The van der Waals surface area contributed by atoms with Crippen LogP contribution < -0.4 is 0 Å². The lowest BCUT2D eigenvalue weighted by Crippen LogP contribution is -2.47. The summed E-state index contributed by atoms with van der Waals surface area (Å²) in [5.74, 6) is 0.539. The summed E-state index contributed by atoms with van der Waals surface area (Å²) in [6.07, 6.45) is 6.45. The largest absolute Gasteiger partial charge is 0.393 e. The number of aliphatic hydroxyl groups is 1. The van der Waals surface area contributed by atoms with Gasteiger partial charge in [0.25, 0.3) is 0 Å². The van der Waals surface area contributed by atoms with Crippen molar-refractivity contribution in [3.8, 4) is 0 Å². The highest BCUT2D eigenvalue weighted by Gasteiger charge is 2.38. The van der Waals surface area contributed by atoms with E-state index in [1.807, 2.05) is 6.92 Å². The van der Waals surface area contributed by atoms with Crippen LogP contribution >= 0.6 is 15.9 Å². The molecule has 2 rings (SSSR count). The number of hydrogen-bond acceptors (Lipinski definition) is 2. The molecule has 0 spiro atoms. The number of rotatable bonds is 4. The molecule has 16 heavy (non-hydrogen) atoms. The molecule has 2 nitrogen and oxygen atoms in total. The van der Waals surface area contributed by atoms with Crippen LogP contribution in [0.15, 0.2) is 0 Å². The van der Waals surface area contributed by atoms with Crippen LogP contribution in [0.1, 0.15) is 39.0 Å². The SMILES string of the molecule is CC(O)C1CCN(CC2(CBr)CCC2)CC1. The van der Waals surface area contributed by atoms with Gasteiger partial charge in [0.15, 0.2) is 0 Å². The fraction of sp³-hybridized carbons (Fsp3) is 1.00. The van der Waals surface area contributed by atoms with Crippen molar-refractivity contribution in [3.05, 3.63) is 0 Å². The van der Waals surface area contributed by atoms with Crippen molar-refractivity contribution < 1.29 is 5.11 Å². The maximum atomic E-state index is 9.57. The summed E-state index contributed by atoms with van der Waals surface area (Å²) < 4.78 is 0. The van der Waals surface area contributed by atoms with Crippen molar-refractivity contribution in [1.29, 1.82) is 0 Å². The molecule has 3 heteroatoms. The molecule has 1 saturated carbocycles. The van der Waals surface area contributed by atoms with Crippen LogP contribution in [-0.2, 0) is 0 Å². The zero-order valence-corrected chi connectivity index (χ0v) is 11.9. The second-order valence-electron chi connectivity index (χ2n) is 5.84. The summed E-state index contributed by atoms with van der Waals surface area (Å²) in [6.45, 7) is 5.58. The Morgan fingerprint density at radius 1 is 1.38 bits per heavy atom. The maximum Gasteiger partial charge on any atom is 0.0541 e. The molecule has 0 radical (unpaired) electrons. The number of likely N-dealkylation sites (tertiary alicyclic amines) is 1. The third kappa shape index (κ3) is 2.80. The predicted octanol–water partition coefficient (Wildman–Crippen LogP) is 2.64. The first-order chi connectivity index (χ1) is 7.65. The van der Waals surface area contributed by atoms with Gasteiger partial charge >= 0.3 is 0 Å². The van der Waals surface area contributed by atoms with Gasteiger partial charge in [0.1, 0.15) is 0 Å². The lowest BCUT2D eigenvalue weighted by molar-refractivity contribution is 0.0366. The van der Waals surface area contributed by atoms with Crippen LogP contribution in [0.2, 0.25) is 0 Å². The fourth-order valence-corrected chi connectivity index (χ4v) is 3.82. The number of halogens is 1. The zero-order valence-electron chi connectivity index (χ0n) is 10.3. The average Bonchev–Trinajstić information content (AvgIpc) is 2.24. The third-order valence-corrected chi connectivity index (χ3v) is 5.76. The van der Waals surface area contributed by atoms with Gasteiger partial charge in [0.2, 0.25) is 0 Å². The number of alkyl halides is 1. The summed E-state index contributed by atoms with van der Waals surface area (Å²) in [5.41, 5.74) is 0.581.